The van der Waals surface area contributed by atoms with Crippen LogP contribution in [0, 0.1) is 0 Å². The number of aromatic nitrogens is 1. The average molecular weight is 285 g/mol. The molecule has 0 spiro atoms. The molecule has 0 N–H and O–H groups in total. The highest BCUT2D eigenvalue weighted by molar-refractivity contribution is 5.92. The minimum atomic E-state index is 0.992. The molecular weight excluding hydrogens is 258 g/mol. The smallest absolute Gasteiger partial charge is 0.136 e. The molecule has 3 heteroatoms. The molecule has 21 heavy (non-hydrogen) atoms. The maximum atomic E-state index is 4.88. The second kappa shape index (κ2) is 7.41. The van der Waals surface area contributed by atoms with Crippen molar-refractivity contribution >= 4 is 16.6 Å². The van der Waals surface area contributed by atoms with Gasteiger partial charge in [0, 0.05) is 37.3 Å². The first kappa shape index (κ1) is 15.8. The zero-order valence-corrected chi connectivity index (χ0v) is 13.8. The number of hydrogen-bond donors (Lipinski definition) is 0. The van der Waals surface area contributed by atoms with Crippen molar-refractivity contribution in [3.8, 4) is 0 Å². The molecule has 0 bridgehead atoms. The summed E-state index contributed by atoms with van der Waals surface area (Å²) >= 11 is 0. The average Bonchev–Trinajstić information content (AvgIpc) is 2.56. The van der Waals surface area contributed by atoms with Gasteiger partial charge in [0.15, 0.2) is 0 Å². The number of aryl methyl sites for hydroxylation is 1. The van der Waals surface area contributed by atoms with Gasteiger partial charge in [-0.15, -0.1) is 0 Å². The van der Waals surface area contributed by atoms with E-state index in [0.717, 1.165) is 32.6 Å². The summed E-state index contributed by atoms with van der Waals surface area (Å²) in [7, 11) is 2.19. The van der Waals surface area contributed by atoms with Gasteiger partial charge in [-0.3, -0.25) is 0 Å². The van der Waals surface area contributed by atoms with E-state index < -0.39 is 0 Å². The Labute approximate surface area is 128 Å². The highest BCUT2D eigenvalue weighted by Gasteiger charge is 2.17. The quantitative estimate of drug-likeness (QED) is 0.841. The Balaban J connectivity index is 0.000000774. The molecule has 114 valence electrons. The van der Waals surface area contributed by atoms with E-state index in [4.69, 9.17) is 4.98 Å². The van der Waals surface area contributed by atoms with Gasteiger partial charge in [-0.1, -0.05) is 45.0 Å². The monoisotopic (exact) mass is 285 g/mol. The highest BCUT2D eigenvalue weighted by atomic mass is 15.3. The maximum absolute atomic E-state index is 4.88. The van der Waals surface area contributed by atoms with Crippen LogP contribution in [0.3, 0.4) is 0 Å². The summed E-state index contributed by atoms with van der Waals surface area (Å²) in [6, 6.07) is 10.8. The first-order chi connectivity index (χ1) is 10.3. The number of benzene rings is 1. The van der Waals surface area contributed by atoms with Crippen molar-refractivity contribution < 1.29 is 0 Å². The Morgan fingerprint density at radius 2 is 1.71 bits per heavy atom. The van der Waals surface area contributed by atoms with Crippen LogP contribution < -0.4 is 4.90 Å². The van der Waals surface area contributed by atoms with E-state index in [2.05, 4.69) is 54.1 Å². The molecule has 1 fully saturated rings. The first-order valence-corrected chi connectivity index (χ1v) is 8.10. The molecule has 0 atom stereocenters. The van der Waals surface area contributed by atoms with Gasteiger partial charge in [0.2, 0.25) is 0 Å². The van der Waals surface area contributed by atoms with Crippen molar-refractivity contribution in [1.29, 1.82) is 0 Å². The number of pyridine rings is 1. The van der Waals surface area contributed by atoms with E-state index >= 15 is 0 Å². The number of likely N-dealkylation sites (N-methyl/N-ethyl adjacent to an activating group) is 1. The summed E-state index contributed by atoms with van der Waals surface area (Å²) in [4.78, 5) is 9.68. The van der Waals surface area contributed by atoms with Crippen LogP contribution in [-0.2, 0) is 6.42 Å². The van der Waals surface area contributed by atoms with Crippen LogP contribution in [0.25, 0.3) is 10.8 Å². The van der Waals surface area contributed by atoms with Crippen LogP contribution in [0.4, 0.5) is 5.82 Å². The van der Waals surface area contributed by atoms with E-state index in [1.54, 1.807) is 0 Å². The summed E-state index contributed by atoms with van der Waals surface area (Å²) in [5.74, 6) is 1.17. The van der Waals surface area contributed by atoms with Gasteiger partial charge in [0.25, 0.3) is 0 Å². The van der Waals surface area contributed by atoms with Crippen LogP contribution >= 0.6 is 0 Å². The summed E-state index contributed by atoms with van der Waals surface area (Å²) in [5, 5.41) is 2.59. The summed E-state index contributed by atoms with van der Waals surface area (Å²) in [6.45, 7) is 10.5. The van der Waals surface area contributed by atoms with Crippen molar-refractivity contribution in [3.05, 3.63) is 36.0 Å². The minimum absolute atomic E-state index is 0.992. The third kappa shape index (κ3) is 3.53. The summed E-state index contributed by atoms with van der Waals surface area (Å²) in [6.07, 6.45) is 0.992. The number of piperazine rings is 1. The van der Waals surface area contributed by atoms with Gasteiger partial charge in [-0.05, 0) is 24.9 Å². The lowest BCUT2D eigenvalue weighted by molar-refractivity contribution is 0.312. The van der Waals surface area contributed by atoms with Crippen LogP contribution in [0.1, 0.15) is 26.5 Å². The van der Waals surface area contributed by atoms with Crippen LogP contribution in [0.5, 0.6) is 0 Å². The fourth-order valence-corrected chi connectivity index (χ4v) is 2.67. The standard InChI is InChI=1S/C16H21N3.C2H6/c1-3-14-12-13-6-4-5-7-15(13)16(17-14)19-10-8-18(2)9-11-19;1-2/h4-7,12H,3,8-11H2,1-2H3;1-2H3. The van der Waals surface area contributed by atoms with E-state index in [-0.39, 0.29) is 0 Å². The molecule has 0 unspecified atom stereocenters. The van der Waals surface area contributed by atoms with Crippen molar-refractivity contribution in [2.24, 2.45) is 0 Å². The third-order valence-electron chi connectivity index (χ3n) is 3.94. The van der Waals surface area contributed by atoms with E-state index in [0.29, 0.717) is 0 Å². The zero-order chi connectivity index (χ0) is 15.2. The predicted molar refractivity (Wildman–Crippen MR) is 92.2 cm³/mol. The predicted octanol–water partition coefficient (Wildman–Crippen LogP) is 3.58. The third-order valence-corrected chi connectivity index (χ3v) is 3.94. The maximum Gasteiger partial charge on any atom is 0.136 e. The zero-order valence-electron chi connectivity index (χ0n) is 13.8. The fraction of sp³-hybridized carbons (Fsp3) is 0.500. The van der Waals surface area contributed by atoms with Gasteiger partial charge >= 0.3 is 0 Å². The molecule has 1 saturated heterocycles. The molecule has 1 aromatic heterocycles. The molecule has 1 aromatic carbocycles. The lowest BCUT2D eigenvalue weighted by Crippen LogP contribution is -2.45. The minimum Gasteiger partial charge on any atom is -0.354 e. The number of anilines is 1. The molecule has 0 aliphatic carbocycles. The first-order valence-electron chi connectivity index (χ1n) is 8.10. The Bertz CT molecular complexity index is 572. The topological polar surface area (TPSA) is 19.4 Å². The molecule has 3 rings (SSSR count). The van der Waals surface area contributed by atoms with Gasteiger partial charge in [-0.25, -0.2) is 4.98 Å². The molecule has 2 aromatic rings. The molecule has 0 radical (unpaired) electrons. The Morgan fingerprint density at radius 3 is 2.38 bits per heavy atom. The van der Waals surface area contributed by atoms with E-state index in [1.165, 1.54) is 22.3 Å². The Hall–Kier alpha value is -1.61. The van der Waals surface area contributed by atoms with E-state index in [9.17, 15) is 0 Å². The summed E-state index contributed by atoms with van der Waals surface area (Å²) in [5.41, 5.74) is 1.19. The SMILES string of the molecule is CC.CCc1cc2ccccc2c(N2CCN(C)CC2)n1. The van der Waals surface area contributed by atoms with Crippen LogP contribution in [0.15, 0.2) is 30.3 Å². The van der Waals surface area contributed by atoms with Crippen LogP contribution in [0.2, 0.25) is 0 Å². The molecule has 2 heterocycles. The molecular formula is C18H27N3. The van der Waals surface area contributed by atoms with Gasteiger partial charge in [0.1, 0.15) is 5.82 Å². The van der Waals surface area contributed by atoms with Crippen molar-refractivity contribution in [1.82, 2.24) is 9.88 Å². The van der Waals surface area contributed by atoms with Gasteiger partial charge < -0.3 is 9.80 Å². The van der Waals surface area contributed by atoms with Gasteiger partial charge in [-0.2, -0.15) is 0 Å². The molecule has 0 saturated carbocycles. The second-order valence-corrected chi connectivity index (χ2v) is 5.30. The molecule has 3 nitrogen and oxygen atoms in total. The van der Waals surface area contributed by atoms with E-state index in [1.807, 2.05) is 13.8 Å². The van der Waals surface area contributed by atoms with Crippen molar-refractivity contribution in [3.63, 3.8) is 0 Å². The molecule has 0 amide bonds. The molecule has 1 aliphatic rings. The van der Waals surface area contributed by atoms with Crippen molar-refractivity contribution in [2.45, 2.75) is 27.2 Å². The molecule has 1 aliphatic heterocycles. The Kier molecular flexibility index (Phi) is 5.57. The number of rotatable bonds is 2. The second-order valence-electron chi connectivity index (χ2n) is 5.30. The van der Waals surface area contributed by atoms with Gasteiger partial charge in [0.05, 0.1) is 0 Å². The lowest BCUT2D eigenvalue weighted by atomic mass is 10.1. The van der Waals surface area contributed by atoms with Crippen LogP contribution in [-0.4, -0.2) is 43.1 Å². The van der Waals surface area contributed by atoms with Crippen molar-refractivity contribution in [2.75, 3.05) is 38.1 Å². The Morgan fingerprint density at radius 1 is 1.05 bits per heavy atom. The normalized spacial score (nSPS) is 15.7. The number of nitrogens with zero attached hydrogens (tertiary/aromatic N) is 3. The highest BCUT2D eigenvalue weighted by Crippen LogP contribution is 2.26. The fourth-order valence-electron chi connectivity index (χ4n) is 2.67. The number of hydrogen-bond acceptors (Lipinski definition) is 3. The lowest BCUT2D eigenvalue weighted by Gasteiger charge is -2.34. The largest absolute Gasteiger partial charge is 0.354 e. The number of fused-ring (bicyclic) bond motifs is 1. The summed E-state index contributed by atoms with van der Waals surface area (Å²) < 4.78 is 0.